The quantitative estimate of drug-likeness (QED) is 0.844. The summed E-state index contributed by atoms with van der Waals surface area (Å²) in [5.74, 6) is 0.387. The standard InChI is InChI=1S/C12H10Cl2N2O3S/c13-7-4-5-8(14)10(6-7)19-9-2-1-3-11(12(9)15)20(16,17)18/h1-6H,15H2,(H2,16,17,18). The van der Waals surface area contributed by atoms with Crippen LogP contribution in [0.5, 0.6) is 11.5 Å². The molecule has 0 radical (unpaired) electrons. The first-order valence-electron chi connectivity index (χ1n) is 5.33. The SMILES string of the molecule is Nc1c(Oc2cc(Cl)ccc2Cl)cccc1S(N)(=O)=O. The number of benzene rings is 2. The number of hydrogen-bond acceptors (Lipinski definition) is 4. The molecule has 4 N–H and O–H groups in total. The fourth-order valence-electron chi connectivity index (χ4n) is 1.53. The maximum atomic E-state index is 11.4. The largest absolute Gasteiger partial charge is 0.454 e. The van der Waals surface area contributed by atoms with Crippen molar-refractivity contribution in [3.63, 3.8) is 0 Å². The molecule has 0 aliphatic carbocycles. The fraction of sp³-hybridized carbons (Fsp3) is 0. The Hall–Kier alpha value is -1.47. The van der Waals surface area contributed by atoms with Crippen LogP contribution in [0.3, 0.4) is 0 Å². The van der Waals surface area contributed by atoms with Crippen LogP contribution in [0.15, 0.2) is 41.3 Å². The van der Waals surface area contributed by atoms with Gasteiger partial charge in [0.05, 0.1) is 10.7 Å². The molecule has 0 fully saturated rings. The molecule has 2 rings (SSSR count). The van der Waals surface area contributed by atoms with Crippen molar-refractivity contribution in [3.8, 4) is 11.5 Å². The van der Waals surface area contributed by atoms with Crippen LogP contribution in [0.1, 0.15) is 0 Å². The third kappa shape index (κ3) is 3.16. The van der Waals surface area contributed by atoms with Crippen molar-refractivity contribution in [2.45, 2.75) is 4.90 Å². The number of primary sulfonamides is 1. The van der Waals surface area contributed by atoms with E-state index in [1.807, 2.05) is 0 Å². The molecular formula is C12H10Cl2N2O3S. The molecule has 0 bridgehead atoms. The molecule has 0 aliphatic rings. The van der Waals surface area contributed by atoms with Gasteiger partial charge >= 0.3 is 0 Å². The zero-order chi connectivity index (χ0) is 14.9. The summed E-state index contributed by atoms with van der Waals surface area (Å²) in [5.41, 5.74) is 5.65. The first kappa shape index (κ1) is 14.9. The van der Waals surface area contributed by atoms with E-state index in [4.69, 9.17) is 38.8 Å². The van der Waals surface area contributed by atoms with Crippen LogP contribution >= 0.6 is 23.2 Å². The number of anilines is 1. The molecule has 0 amide bonds. The van der Waals surface area contributed by atoms with Gasteiger partial charge in [0.25, 0.3) is 0 Å². The molecule has 8 heteroatoms. The molecule has 106 valence electrons. The van der Waals surface area contributed by atoms with E-state index in [2.05, 4.69) is 0 Å². The third-order valence-electron chi connectivity index (χ3n) is 2.45. The summed E-state index contributed by atoms with van der Waals surface area (Å²) >= 11 is 11.8. The van der Waals surface area contributed by atoms with E-state index in [9.17, 15) is 8.42 Å². The van der Waals surface area contributed by atoms with Crippen molar-refractivity contribution in [1.82, 2.24) is 0 Å². The molecule has 0 heterocycles. The minimum absolute atomic E-state index is 0.0916. The van der Waals surface area contributed by atoms with Gasteiger partial charge in [-0.3, -0.25) is 0 Å². The number of sulfonamides is 1. The second kappa shape index (κ2) is 5.49. The van der Waals surface area contributed by atoms with Crippen molar-refractivity contribution in [2.24, 2.45) is 5.14 Å². The number of ether oxygens (including phenoxy) is 1. The second-order valence-corrected chi connectivity index (χ2v) is 6.26. The van der Waals surface area contributed by atoms with Gasteiger partial charge in [-0.1, -0.05) is 29.3 Å². The number of nitrogens with two attached hydrogens (primary N) is 2. The van der Waals surface area contributed by atoms with Crippen LogP contribution < -0.4 is 15.6 Å². The number of hydrogen-bond donors (Lipinski definition) is 2. The van der Waals surface area contributed by atoms with E-state index < -0.39 is 10.0 Å². The number of rotatable bonds is 3. The van der Waals surface area contributed by atoms with E-state index >= 15 is 0 Å². The minimum Gasteiger partial charge on any atom is -0.454 e. The Labute approximate surface area is 126 Å². The lowest BCUT2D eigenvalue weighted by Gasteiger charge is -2.12. The number of halogens is 2. The first-order valence-corrected chi connectivity index (χ1v) is 7.63. The van der Waals surface area contributed by atoms with Crippen LogP contribution in [0, 0.1) is 0 Å². The van der Waals surface area contributed by atoms with E-state index in [0.717, 1.165) is 0 Å². The highest BCUT2D eigenvalue weighted by Gasteiger charge is 2.16. The summed E-state index contributed by atoms with van der Waals surface area (Å²) in [6.07, 6.45) is 0. The lowest BCUT2D eigenvalue weighted by atomic mass is 10.3. The van der Waals surface area contributed by atoms with E-state index in [0.29, 0.717) is 10.0 Å². The van der Waals surface area contributed by atoms with Crippen LogP contribution in [-0.4, -0.2) is 8.42 Å². The normalized spacial score (nSPS) is 11.3. The molecule has 0 saturated heterocycles. The van der Waals surface area contributed by atoms with Crippen molar-refractivity contribution in [3.05, 3.63) is 46.4 Å². The monoisotopic (exact) mass is 332 g/mol. The second-order valence-electron chi connectivity index (χ2n) is 3.89. The van der Waals surface area contributed by atoms with Crippen LogP contribution in [0.25, 0.3) is 0 Å². The number of nitrogen functional groups attached to an aromatic ring is 1. The summed E-state index contributed by atoms with van der Waals surface area (Å²) in [5, 5.41) is 5.80. The van der Waals surface area contributed by atoms with E-state index in [-0.39, 0.29) is 22.1 Å². The molecule has 0 spiro atoms. The topological polar surface area (TPSA) is 95.4 Å². The van der Waals surface area contributed by atoms with Crippen LogP contribution in [0.2, 0.25) is 10.0 Å². The Morgan fingerprint density at radius 2 is 1.75 bits per heavy atom. The molecule has 2 aromatic carbocycles. The summed E-state index contributed by atoms with van der Waals surface area (Å²) < 4.78 is 28.2. The molecule has 0 aliphatic heterocycles. The predicted octanol–water partition coefficient (Wildman–Crippen LogP) is 3.02. The lowest BCUT2D eigenvalue weighted by Crippen LogP contribution is -2.14. The van der Waals surface area contributed by atoms with Gasteiger partial charge in [-0.25, -0.2) is 13.6 Å². The van der Waals surface area contributed by atoms with Crippen molar-refractivity contribution in [2.75, 3.05) is 5.73 Å². The first-order chi connectivity index (χ1) is 9.29. The Balaban J connectivity index is 2.47. The smallest absolute Gasteiger partial charge is 0.240 e. The predicted molar refractivity (Wildman–Crippen MR) is 78.8 cm³/mol. The highest BCUT2D eigenvalue weighted by atomic mass is 35.5. The molecule has 20 heavy (non-hydrogen) atoms. The molecule has 0 atom stereocenters. The lowest BCUT2D eigenvalue weighted by molar-refractivity contribution is 0.484. The van der Waals surface area contributed by atoms with E-state index in [1.54, 1.807) is 12.1 Å². The Bertz CT molecular complexity index is 763. The van der Waals surface area contributed by atoms with Gasteiger partial charge in [-0.2, -0.15) is 0 Å². The Morgan fingerprint density at radius 3 is 2.40 bits per heavy atom. The zero-order valence-electron chi connectivity index (χ0n) is 10.0. The maximum absolute atomic E-state index is 11.4. The number of para-hydroxylation sites is 1. The Kier molecular flexibility index (Phi) is 4.10. The fourth-order valence-corrected chi connectivity index (χ4v) is 2.53. The highest BCUT2D eigenvalue weighted by Crippen LogP contribution is 2.36. The molecule has 5 nitrogen and oxygen atoms in total. The average molecular weight is 333 g/mol. The van der Waals surface area contributed by atoms with Gasteiger partial charge in [0.15, 0.2) is 5.75 Å². The molecule has 2 aromatic rings. The molecule has 0 saturated carbocycles. The van der Waals surface area contributed by atoms with Gasteiger partial charge in [-0.05, 0) is 24.3 Å². The van der Waals surface area contributed by atoms with Gasteiger partial charge < -0.3 is 10.5 Å². The average Bonchev–Trinajstić information content (AvgIpc) is 2.35. The van der Waals surface area contributed by atoms with Gasteiger partial charge in [-0.15, -0.1) is 0 Å². The molecule has 0 unspecified atom stereocenters. The van der Waals surface area contributed by atoms with Gasteiger partial charge in [0.2, 0.25) is 10.0 Å². The van der Waals surface area contributed by atoms with Gasteiger partial charge in [0, 0.05) is 11.1 Å². The highest BCUT2D eigenvalue weighted by molar-refractivity contribution is 7.89. The van der Waals surface area contributed by atoms with Crippen molar-refractivity contribution in [1.29, 1.82) is 0 Å². The van der Waals surface area contributed by atoms with Crippen molar-refractivity contribution >= 4 is 38.9 Å². The summed E-state index contributed by atoms with van der Waals surface area (Å²) in [7, 11) is -3.93. The maximum Gasteiger partial charge on any atom is 0.240 e. The molecular weight excluding hydrogens is 323 g/mol. The minimum atomic E-state index is -3.93. The summed E-state index contributed by atoms with van der Waals surface area (Å²) in [6.45, 7) is 0. The summed E-state index contributed by atoms with van der Waals surface area (Å²) in [6, 6.07) is 8.90. The molecule has 0 aromatic heterocycles. The Morgan fingerprint density at radius 1 is 1.05 bits per heavy atom. The summed E-state index contributed by atoms with van der Waals surface area (Å²) in [4.78, 5) is -0.215. The zero-order valence-corrected chi connectivity index (χ0v) is 12.3. The van der Waals surface area contributed by atoms with Crippen LogP contribution in [-0.2, 0) is 10.0 Å². The van der Waals surface area contributed by atoms with E-state index in [1.165, 1.54) is 24.3 Å². The van der Waals surface area contributed by atoms with Crippen LogP contribution in [0.4, 0.5) is 5.69 Å². The third-order valence-corrected chi connectivity index (χ3v) is 3.96. The van der Waals surface area contributed by atoms with Gasteiger partial charge in [0.1, 0.15) is 10.6 Å². The van der Waals surface area contributed by atoms with Crippen molar-refractivity contribution < 1.29 is 13.2 Å².